The van der Waals surface area contributed by atoms with Gasteiger partial charge in [-0.3, -0.25) is 4.99 Å². The van der Waals surface area contributed by atoms with Gasteiger partial charge < -0.3 is 15.4 Å². The standard InChI is InChI=1S/C14H30N4O3S2.HI/c1-3-15-14(16-7-10-22-2)17-8-11-23(19,20)18-12-13-6-4-5-9-21-13;/h13,18H,3-12H2,1-2H3,(H2,15,16,17);1H. The van der Waals surface area contributed by atoms with Gasteiger partial charge in [0.05, 0.1) is 18.4 Å². The summed E-state index contributed by atoms with van der Waals surface area (Å²) in [6.07, 6.45) is 5.14. The number of nitrogens with zero attached hydrogens (tertiary/aromatic N) is 1. The number of halogens is 1. The number of hydrogen-bond donors (Lipinski definition) is 3. The van der Waals surface area contributed by atoms with Gasteiger partial charge in [-0.25, -0.2) is 13.1 Å². The van der Waals surface area contributed by atoms with Gasteiger partial charge in [-0.1, -0.05) is 0 Å². The second-order valence-corrected chi connectivity index (χ2v) is 8.25. The minimum Gasteiger partial charge on any atom is -0.377 e. The van der Waals surface area contributed by atoms with Crippen molar-refractivity contribution in [1.29, 1.82) is 0 Å². The fourth-order valence-corrected chi connectivity index (χ4v) is 3.38. The predicted molar refractivity (Wildman–Crippen MR) is 113 cm³/mol. The van der Waals surface area contributed by atoms with Crippen LogP contribution < -0.4 is 15.4 Å². The number of thioether (sulfide) groups is 1. The Kier molecular flexibility index (Phi) is 14.5. The molecule has 0 radical (unpaired) electrons. The molecule has 1 unspecified atom stereocenters. The smallest absolute Gasteiger partial charge is 0.213 e. The number of ether oxygens (including phenoxy) is 1. The maximum Gasteiger partial charge on any atom is 0.213 e. The molecule has 3 N–H and O–H groups in total. The molecule has 7 nitrogen and oxygen atoms in total. The van der Waals surface area contributed by atoms with E-state index in [1.807, 2.05) is 13.2 Å². The fourth-order valence-electron chi connectivity index (χ4n) is 2.15. The minimum absolute atomic E-state index is 0. The van der Waals surface area contributed by atoms with Crippen LogP contribution in [0.5, 0.6) is 0 Å². The molecule has 10 heteroatoms. The van der Waals surface area contributed by atoms with Gasteiger partial charge in [0.1, 0.15) is 0 Å². The van der Waals surface area contributed by atoms with E-state index < -0.39 is 10.0 Å². The summed E-state index contributed by atoms with van der Waals surface area (Å²) in [4.78, 5) is 4.38. The lowest BCUT2D eigenvalue weighted by molar-refractivity contribution is 0.0200. The molecule has 1 aliphatic heterocycles. The minimum atomic E-state index is -3.30. The molecule has 0 aromatic heterocycles. The SMILES string of the molecule is CCNC(=NCCSC)NCCS(=O)(=O)NCC1CCCCO1.I. The van der Waals surface area contributed by atoms with Crippen molar-refractivity contribution in [3.8, 4) is 0 Å². The molecule has 0 saturated carbocycles. The van der Waals surface area contributed by atoms with Crippen LogP contribution in [0.4, 0.5) is 0 Å². The molecule has 0 aromatic rings. The van der Waals surface area contributed by atoms with Crippen molar-refractivity contribution >= 4 is 51.7 Å². The maximum atomic E-state index is 12.0. The van der Waals surface area contributed by atoms with E-state index in [1.165, 1.54) is 0 Å². The highest BCUT2D eigenvalue weighted by Gasteiger charge is 2.17. The zero-order chi connectivity index (χ0) is 17.0. The van der Waals surface area contributed by atoms with Crippen LogP contribution in [-0.4, -0.2) is 71.0 Å². The summed E-state index contributed by atoms with van der Waals surface area (Å²) in [7, 11) is -3.30. The number of hydrogen-bond acceptors (Lipinski definition) is 5. The molecule has 0 spiro atoms. The Hall–Kier alpha value is 0.220. The lowest BCUT2D eigenvalue weighted by Gasteiger charge is -2.22. The maximum absolute atomic E-state index is 12.0. The van der Waals surface area contributed by atoms with Gasteiger partial charge in [0.2, 0.25) is 10.0 Å². The number of nitrogens with one attached hydrogen (secondary N) is 3. The van der Waals surface area contributed by atoms with Crippen molar-refractivity contribution in [1.82, 2.24) is 15.4 Å². The first-order chi connectivity index (χ1) is 11.1. The van der Waals surface area contributed by atoms with Crippen molar-refractivity contribution in [3.05, 3.63) is 0 Å². The highest BCUT2D eigenvalue weighted by Crippen LogP contribution is 2.11. The third-order valence-corrected chi connectivity index (χ3v) is 5.32. The molecule has 144 valence electrons. The number of rotatable bonds is 10. The monoisotopic (exact) mass is 494 g/mol. The average Bonchev–Trinajstić information content (AvgIpc) is 2.54. The molecule has 1 saturated heterocycles. The summed E-state index contributed by atoms with van der Waals surface area (Å²) < 4.78 is 32.2. The molecule has 1 atom stereocenters. The van der Waals surface area contributed by atoms with Crippen LogP contribution >= 0.6 is 35.7 Å². The van der Waals surface area contributed by atoms with Gasteiger partial charge in [-0.15, -0.1) is 24.0 Å². The second-order valence-electron chi connectivity index (χ2n) is 5.34. The van der Waals surface area contributed by atoms with Crippen LogP contribution in [0.1, 0.15) is 26.2 Å². The highest BCUT2D eigenvalue weighted by atomic mass is 127. The summed E-state index contributed by atoms with van der Waals surface area (Å²) >= 11 is 1.73. The second kappa shape index (κ2) is 14.4. The average molecular weight is 494 g/mol. The van der Waals surface area contributed by atoms with E-state index >= 15 is 0 Å². The van der Waals surface area contributed by atoms with Crippen molar-refractivity contribution < 1.29 is 13.2 Å². The van der Waals surface area contributed by atoms with Crippen LogP contribution in [0, 0.1) is 0 Å². The molecule has 24 heavy (non-hydrogen) atoms. The summed E-state index contributed by atoms with van der Waals surface area (Å²) in [6.45, 7) is 4.85. The number of guanidine groups is 1. The first-order valence-electron chi connectivity index (χ1n) is 8.17. The third-order valence-electron chi connectivity index (χ3n) is 3.38. The molecule has 0 aromatic carbocycles. The van der Waals surface area contributed by atoms with Crippen molar-refractivity contribution in [2.45, 2.75) is 32.3 Å². The molecule has 0 amide bonds. The predicted octanol–water partition coefficient (Wildman–Crippen LogP) is 1.01. The Balaban J connectivity index is 0.00000529. The van der Waals surface area contributed by atoms with Crippen LogP contribution in [0.3, 0.4) is 0 Å². The summed E-state index contributed by atoms with van der Waals surface area (Å²) in [6, 6.07) is 0. The molecule has 1 heterocycles. The van der Waals surface area contributed by atoms with Gasteiger partial charge in [0.15, 0.2) is 5.96 Å². The summed E-state index contributed by atoms with van der Waals surface area (Å²) in [5.74, 6) is 1.62. The van der Waals surface area contributed by atoms with E-state index in [0.29, 0.717) is 25.6 Å². The lowest BCUT2D eigenvalue weighted by atomic mass is 10.1. The molecule has 1 rings (SSSR count). The van der Waals surface area contributed by atoms with Crippen molar-refractivity contribution in [2.24, 2.45) is 4.99 Å². The van der Waals surface area contributed by atoms with Gasteiger partial charge in [0.25, 0.3) is 0 Å². The quantitative estimate of drug-likeness (QED) is 0.182. The Labute approximate surface area is 167 Å². The fraction of sp³-hybridized carbons (Fsp3) is 0.929. The zero-order valence-corrected chi connectivity index (χ0v) is 18.5. The molecule has 1 fully saturated rings. The van der Waals surface area contributed by atoms with Crippen LogP contribution in [0.2, 0.25) is 0 Å². The topological polar surface area (TPSA) is 91.8 Å². The van der Waals surface area contributed by atoms with Crippen LogP contribution in [-0.2, 0) is 14.8 Å². The van der Waals surface area contributed by atoms with E-state index in [0.717, 1.165) is 38.2 Å². The van der Waals surface area contributed by atoms with Gasteiger partial charge in [0, 0.05) is 32.0 Å². The van der Waals surface area contributed by atoms with Crippen LogP contribution in [0.15, 0.2) is 4.99 Å². The lowest BCUT2D eigenvalue weighted by Crippen LogP contribution is -2.42. The summed E-state index contributed by atoms with van der Waals surface area (Å²) in [5.41, 5.74) is 0. The normalized spacial score (nSPS) is 18.8. The third kappa shape index (κ3) is 11.7. The van der Waals surface area contributed by atoms with Gasteiger partial charge in [-0.05, 0) is 32.4 Å². The van der Waals surface area contributed by atoms with E-state index in [2.05, 4.69) is 20.3 Å². The Bertz CT molecular complexity index is 443. The van der Waals surface area contributed by atoms with E-state index in [9.17, 15) is 8.42 Å². The number of sulfonamides is 1. The van der Waals surface area contributed by atoms with Crippen molar-refractivity contribution in [3.63, 3.8) is 0 Å². The molecule has 0 bridgehead atoms. The Morgan fingerprint density at radius 1 is 1.33 bits per heavy atom. The first-order valence-corrected chi connectivity index (χ1v) is 11.2. The summed E-state index contributed by atoms with van der Waals surface area (Å²) in [5, 5.41) is 6.16. The van der Waals surface area contributed by atoms with Gasteiger partial charge in [-0.2, -0.15) is 11.8 Å². The van der Waals surface area contributed by atoms with E-state index in [-0.39, 0.29) is 35.8 Å². The molecule has 1 aliphatic rings. The molecular weight excluding hydrogens is 463 g/mol. The first kappa shape index (κ1) is 24.2. The molecular formula is C14H31IN4O3S2. The Morgan fingerprint density at radius 3 is 2.75 bits per heavy atom. The van der Waals surface area contributed by atoms with Crippen molar-refractivity contribution in [2.75, 3.05) is 50.5 Å². The Morgan fingerprint density at radius 2 is 2.12 bits per heavy atom. The van der Waals surface area contributed by atoms with Crippen LogP contribution in [0.25, 0.3) is 0 Å². The zero-order valence-electron chi connectivity index (χ0n) is 14.5. The highest BCUT2D eigenvalue weighted by molar-refractivity contribution is 14.0. The number of aliphatic imine (C=N–C) groups is 1. The van der Waals surface area contributed by atoms with E-state index in [4.69, 9.17) is 4.74 Å². The largest absolute Gasteiger partial charge is 0.377 e. The molecule has 0 aliphatic carbocycles. The van der Waals surface area contributed by atoms with Gasteiger partial charge >= 0.3 is 0 Å². The van der Waals surface area contributed by atoms with E-state index in [1.54, 1.807) is 11.8 Å².